The Morgan fingerprint density at radius 1 is 1.08 bits per heavy atom. The van der Waals surface area contributed by atoms with Crippen molar-refractivity contribution in [2.45, 2.75) is 70.4 Å². The van der Waals surface area contributed by atoms with E-state index in [9.17, 15) is 0 Å². The second-order valence-corrected chi connectivity index (χ2v) is 6.87. The summed E-state index contributed by atoms with van der Waals surface area (Å²) >= 11 is 0. The van der Waals surface area contributed by atoms with Gasteiger partial charge in [0.15, 0.2) is 0 Å². The van der Waals surface area contributed by atoms with Crippen molar-refractivity contribution >= 4 is 11.9 Å². The number of anilines is 2. The smallest absolute Gasteiger partial charge is 0.323 e. The predicted octanol–water partition coefficient (Wildman–Crippen LogP) is 2.45. The van der Waals surface area contributed by atoms with Crippen LogP contribution in [0.2, 0.25) is 0 Å². The fourth-order valence-corrected chi connectivity index (χ4v) is 3.78. The molecule has 7 heteroatoms. The van der Waals surface area contributed by atoms with Gasteiger partial charge in [-0.25, -0.2) is 0 Å². The van der Waals surface area contributed by atoms with Gasteiger partial charge in [0, 0.05) is 12.1 Å². The molecule has 2 aliphatic rings. The molecule has 1 aliphatic carbocycles. The van der Waals surface area contributed by atoms with E-state index in [1.807, 2.05) is 0 Å². The number of ether oxygens (including phenoxy) is 1. The van der Waals surface area contributed by atoms with Crippen molar-refractivity contribution in [3.05, 3.63) is 0 Å². The Kier molecular flexibility index (Phi) is 6.07. The standard InChI is InChI=1S/C17H30N6O/c1-2-23-11-7-10-14(23)12-24-17-21-15(18)20-16(22-17)19-13-8-5-3-4-6-9-13/h13-14H,2-12H2,1H3,(H3,18,19,20,21,22). The number of likely N-dealkylation sites (N-methyl/N-ethyl adjacent to an activating group) is 1. The van der Waals surface area contributed by atoms with E-state index in [4.69, 9.17) is 10.5 Å². The number of nitrogens with two attached hydrogens (primary N) is 1. The molecule has 1 unspecified atom stereocenters. The summed E-state index contributed by atoms with van der Waals surface area (Å²) in [5, 5.41) is 3.42. The molecule has 134 valence electrons. The number of rotatable bonds is 6. The molecule has 1 atom stereocenters. The van der Waals surface area contributed by atoms with Crippen molar-refractivity contribution in [3.8, 4) is 6.01 Å². The van der Waals surface area contributed by atoms with Crippen molar-refractivity contribution in [2.24, 2.45) is 0 Å². The molecule has 1 aromatic rings. The fourth-order valence-electron chi connectivity index (χ4n) is 3.78. The Bertz CT molecular complexity index is 518. The fraction of sp³-hybridized carbons (Fsp3) is 0.824. The summed E-state index contributed by atoms with van der Waals surface area (Å²) in [5.41, 5.74) is 5.84. The van der Waals surface area contributed by atoms with E-state index in [2.05, 4.69) is 32.1 Å². The van der Waals surface area contributed by atoms with E-state index >= 15 is 0 Å². The molecular weight excluding hydrogens is 304 g/mol. The van der Waals surface area contributed by atoms with Gasteiger partial charge < -0.3 is 15.8 Å². The van der Waals surface area contributed by atoms with Gasteiger partial charge in [0.1, 0.15) is 6.61 Å². The SMILES string of the molecule is CCN1CCCC1COc1nc(N)nc(NC2CCCCCC2)n1. The summed E-state index contributed by atoms with van der Waals surface area (Å²) < 4.78 is 5.83. The maximum atomic E-state index is 5.84. The van der Waals surface area contributed by atoms with Crippen LogP contribution < -0.4 is 15.8 Å². The molecule has 3 rings (SSSR count). The highest BCUT2D eigenvalue weighted by Gasteiger charge is 2.24. The van der Waals surface area contributed by atoms with E-state index in [0.717, 1.165) is 25.9 Å². The van der Waals surface area contributed by atoms with Gasteiger partial charge in [0.2, 0.25) is 11.9 Å². The van der Waals surface area contributed by atoms with Gasteiger partial charge in [-0.05, 0) is 38.8 Å². The predicted molar refractivity (Wildman–Crippen MR) is 95.1 cm³/mol. The van der Waals surface area contributed by atoms with Gasteiger partial charge in [-0.3, -0.25) is 4.90 Å². The second-order valence-electron chi connectivity index (χ2n) is 6.87. The van der Waals surface area contributed by atoms with Gasteiger partial charge in [-0.1, -0.05) is 32.6 Å². The number of likely N-dealkylation sites (tertiary alicyclic amines) is 1. The van der Waals surface area contributed by atoms with Crippen LogP contribution >= 0.6 is 0 Å². The normalized spacial score (nSPS) is 23.1. The lowest BCUT2D eigenvalue weighted by Gasteiger charge is -2.22. The molecule has 7 nitrogen and oxygen atoms in total. The Morgan fingerprint density at radius 3 is 2.62 bits per heavy atom. The first kappa shape index (κ1) is 17.2. The lowest BCUT2D eigenvalue weighted by atomic mass is 10.1. The molecule has 24 heavy (non-hydrogen) atoms. The third-order valence-corrected chi connectivity index (χ3v) is 5.13. The quantitative estimate of drug-likeness (QED) is 0.772. The number of hydrogen-bond acceptors (Lipinski definition) is 7. The zero-order chi connectivity index (χ0) is 16.8. The second kappa shape index (κ2) is 8.46. The molecule has 0 radical (unpaired) electrons. The first-order valence-electron chi connectivity index (χ1n) is 9.39. The molecule has 2 heterocycles. The molecule has 0 bridgehead atoms. The molecule has 1 aliphatic heterocycles. The van der Waals surface area contributed by atoms with Gasteiger partial charge in [0.05, 0.1) is 0 Å². The first-order valence-corrected chi connectivity index (χ1v) is 9.39. The molecule has 1 saturated heterocycles. The lowest BCUT2D eigenvalue weighted by molar-refractivity contribution is 0.170. The van der Waals surface area contributed by atoms with E-state index in [1.54, 1.807) is 0 Å². The molecule has 3 N–H and O–H groups in total. The molecule has 1 aromatic heterocycles. The van der Waals surface area contributed by atoms with E-state index < -0.39 is 0 Å². The summed E-state index contributed by atoms with van der Waals surface area (Å²) in [4.78, 5) is 15.2. The summed E-state index contributed by atoms with van der Waals surface area (Å²) in [5.74, 6) is 0.762. The van der Waals surface area contributed by atoms with Crippen molar-refractivity contribution < 1.29 is 4.74 Å². The van der Waals surface area contributed by atoms with Gasteiger partial charge in [-0.2, -0.15) is 15.0 Å². The van der Waals surface area contributed by atoms with Crippen LogP contribution in [0, 0.1) is 0 Å². The largest absolute Gasteiger partial charge is 0.462 e. The molecule has 1 saturated carbocycles. The zero-order valence-electron chi connectivity index (χ0n) is 14.7. The Balaban J connectivity index is 1.58. The van der Waals surface area contributed by atoms with Gasteiger partial charge in [-0.15, -0.1) is 0 Å². The Morgan fingerprint density at radius 2 is 1.88 bits per heavy atom. The maximum absolute atomic E-state index is 5.84. The average molecular weight is 334 g/mol. The van der Waals surface area contributed by atoms with Gasteiger partial charge in [0.25, 0.3) is 0 Å². The van der Waals surface area contributed by atoms with E-state index in [0.29, 0.717) is 30.6 Å². The van der Waals surface area contributed by atoms with Crippen LogP contribution in [0.15, 0.2) is 0 Å². The number of nitrogens with zero attached hydrogens (tertiary/aromatic N) is 4. The highest BCUT2D eigenvalue weighted by molar-refractivity contribution is 5.33. The summed E-state index contributed by atoms with van der Waals surface area (Å²) in [7, 11) is 0. The van der Waals surface area contributed by atoms with Crippen LogP contribution in [-0.4, -0.2) is 51.6 Å². The minimum Gasteiger partial charge on any atom is -0.462 e. The van der Waals surface area contributed by atoms with Crippen molar-refractivity contribution in [2.75, 3.05) is 30.7 Å². The lowest BCUT2D eigenvalue weighted by Crippen LogP contribution is -2.34. The minimum atomic E-state index is 0.217. The molecule has 0 amide bonds. The topological polar surface area (TPSA) is 89.2 Å². The summed E-state index contributed by atoms with van der Waals surface area (Å²) in [6.45, 7) is 5.01. The third-order valence-electron chi connectivity index (χ3n) is 5.13. The summed E-state index contributed by atoms with van der Waals surface area (Å²) in [6.07, 6.45) is 9.89. The molecular formula is C17H30N6O. The molecule has 0 aromatic carbocycles. The van der Waals surface area contributed by atoms with E-state index in [1.165, 1.54) is 38.5 Å². The maximum Gasteiger partial charge on any atom is 0.323 e. The molecule has 0 spiro atoms. The number of nitrogen functional groups attached to an aromatic ring is 1. The van der Waals surface area contributed by atoms with Crippen molar-refractivity contribution in [1.82, 2.24) is 19.9 Å². The number of aromatic nitrogens is 3. The molecule has 2 fully saturated rings. The average Bonchev–Trinajstić information content (AvgIpc) is 2.88. The van der Waals surface area contributed by atoms with Crippen LogP contribution in [-0.2, 0) is 0 Å². The Labute approximate surface area is 144 Å². The number of hydrogen-bond donors (Lipinski definition) is 2. The van der Waals surface area contributed by atoms with Crippen LogP contribution in [0.25, 0.3) is 0 Å². The van der Waals surface area contributed by atoms with Crippen molar-refractivity contribution in [1.29, 1.82) is 0 Å². The van der Waals surface area contributed by atoms with Crippen LogP contribution in [0.1, 0.15) is 58.3 Å². The van der Waals surface area contributed by atoms with E-state index in [-0.39, 0.29) is 5.95 Å². The van der Waals surface area contributed by atoms with Crippen LogP contribution in [0.5, 0.6) is 6.01 Å². The zero-order valence-corrected chi connectivity index (χ0v) is 14.7. The minimum absolute atomic E-state index is 0.217. The third kappa shape index (κ3) is 4.69. The van der Waals surface area contributed by atoms with Crippen LogP contribution in [0.3, 0.4) is 0 Å². The Hall–Kier alpha value is -1.63. The van der Waals surface area contributed by atoms with Crippen molar-refractivity contribution in [3.63, 3.8) is 0 Å². The monoisotopic (exact) mass is 334 g/mol. The van der Waals surface area contributed by atoms with Gasteiger partial charge >= 0.3 is 6.01 Å². The highest BCUT2D eigenvalue weighted by atomic mass is 16.5. The highest BCUT2D eigenvalue weighted by Crippen LogP contribution is 2.21. The number of nitrogens with one attached hydrogen (secondary N) is 1. The van der Waals surface area contributed by atoms with Crippen LogP contribution in [0.4, 0.5) is 11.9 Å². The summed E-state index contributed by atoms with van der Waals surface area (Å²) in [6, 6.07) is 1.21. The first-order chi connectivity index (χ1) is 11.7.